The smallest absolute Gasteiger partial charge is 0.0739 e. The summed E-state index contributed by atoms with van der Waals surface area (Å²) in [6.07, 6.45) is 0. The van der Waals surface area contributed by atoms with Gasteiger partial charge in [0.2, 0.25) is 0 Å². The zero-order valence-electron chi connectivity index (χ0n) is 11.3. The number of hydrogen-bond donors (Lipinski definition) is 1. The number of halogens is 2. The number of nitrogens with one attached hydrogen (secondary N) is 1. The molecule has 0 amide bonds. The highest BCUT2D eigenvalue weighted by Crippen LogP contribution is 2.24. The van der Waals surface area contributed by atoms with Crippen molar-refractivity contribution in [3.63, 3.8) is 0 Å². The van der Waals surface area contributed by atoms with Crippen LogP contribution >= 0.6 is 31.9 Å². The Labute approximate surface area is 130 Å². The standard InChI is InChI=1S/C14H17Br2N3/c1-4-19-13(14(16)10(3)18-19)8-17-12-7-11(15)6-5-9(12)2/h5-7,17H,4,8H2,1-3H3. The molecular weight excluding hydrogens is 370 g/mol. The van der Waals surface area contributed by atoms with Crippen LogP contribution in [0.3, 0.4) is 0 Å². The van der Waals surface area contributed by atoms with E-state index < -0.39 is 0 Å². The van der Waals surface area contributed by atoms with Gasteiger partial charge in [0.25, 0.3) is 0 Å². The Morgan fingerprint density at radius 2 is 2.00 bits per heavy atom. The van der Waals surface area contributed by atoms with E-state index in [-0.39, 0.29) is 0 Å². The number of hydrogen-bond acceptors (Lipinski definition) is 2. The Hall–Kier alpha value is -0.810. The van der Waals surface area contributed by atoms with E-state index in [0.29, 0.717) is 0 Å². The average Bonchev–Trinajstić information content (AvgIpc) is 2.66. The molecule has 0 unspecified atom stereocenters. The molecule has 2 rings (SSSR count). The van der Waals surface area contributed by atoms with E-state index in [0.717, 1.165) is 33.4 Å². The third-order valence-corrected chi connectivity index (χ3v) is 4.62. The van der Waals surface area contributed by atoms with E-state index in [1.54, 1.807) is 0 Å². The molecular formula is C14H17Br2N3. The highest BCUT2D eigenvalue weighted by atomic mass is 79.9. The van der Waals surface area contributed by atoms with Gasteiger partial charge >= 0.3 is 0 Å². The second kappa shape index (κ2) is 6.09. The van der Waals surface area contributed by atoms with E-state index in [1.165, 1.54) is 11.3 Å². The number of aryl methyl sites for hydroxylation is 3. The minimum absolute atomic E-state index is 0.757. The Morgan fingerprint density at radius 1 is 1.26 bits per heavy atom. The maximum Gasteiger partial charge on any atom is 0.0739 e. The summed E-state index contributed by atoms with van der Waals surface area (Å²) in [5.74, 6) is 0. The molecule has 0 spiro atoms. The Bertz CT molecular complexity index is 591. The fourth-order valence-corrected chi connectivity index (χ4v) is 2.79. The van der Waals surface area contributed by atoms with Crippen LogP contribution in [-0.2, 0) is 13.1 Å². The highest BCUT2D eigenvalue weighted by Gasteiger charge is 2.12. The fraction of sp³-hybridized carbons (Fsp3) is 0.357. The van der Waals surface area contributed by atoms with Crippen LogP contribution < -0.4 is 5.32 Å². The Kier molecular flexibility index (Phi) is 4.68. The first-order valence-electron chi connectivity index (χ1n) is 6.24. The summed E-state index contributed by atoms with van der Waals surface area (Å²) in [5.41, 5.74) is 4.59. The fourth-order valence-electron chi connectivity index (χ4n) is 2.00. The van der Waals surface area contributed by atoms with Crippen LogP contribution in [0.2, 0.25) is 0 Å². The van der Waals surface area contributed by atoms with Crippen molar-refractivity contribution in [1.29, 1.82) is 0 Å². The van der Waals surface area contributed by atoms with E-state index in [9.17, 15) is 0 Å². The lowest BCUT2D eigenvalue weighted by Gasteiger charge is -2.11. The first kappa shape index (κ1) is 14.6. The SMILES string of the molecule is CCn1nc(C)c(Br)c1CNc1cc(Br)ccc1C. The minimum Gasteiger partial charge on any atom is -0.379 e. The number of nitrogens with zero attached hydrogens (tertiary/aromatic N) is 2. The summed E-state index contributed by atoms with van der Waals surface area (Å²) < 4.78 is 4.20. The molecule has 0 aliphatic carbocycles. The molecule has 0 aliphatic heterocycles. The van der Waals surface area contributed by atoms with Crippen LogP contribution in [0.5, 0.6) is 0 Å². The number of rotatable bonds is 4. The van der Waals surface area contributed by atoms with Gasteiger partial charge in [-0.05, 0) is 54.4 Å². The predicted octanol–water partition coefficient (Wildman–Crippen LogP) is 4.66. The summed E-state index contributed by atoms with van der Waals surface area (Å²) in [6.45, 7) is 7.86. The summed E-state index contributed by atoms with van der Waals surface area (Å²) in [5, 5.41) is 7.98. The minimum atomic E-state index is 0.757. The Morgan fingerprint density at radius 3 is 2.68 bits per heavy atom. The molecule has 0 saturated carbocycles. The van der Waals surface area contributed by atoms with Crippen LogP contribution in [0.25, 0.3) is 0 Å². The van der Waals surface area contributed by atoms with Crippen molar-refractivity contribution in [2.24, 2.45) is 0 Å². The van der Waals surface area contributed by atoms with Crippen LogP contribution in [0.15, 0.2) is 27.1 Å². The van der Waals surface area contributed by atoms with E-state index >= 15 is 0 Å². The van der Waals surface area contributed by atoms with Crippen LogP contribution in [0.1, 0.15) is 23.9 Å². The number of benzene rings is 1. The molecule has 1 heterocycles. The van der Waals surface area contributed by atoms with Gasteiger partial charge in [0.15, 0.2) is 0 Å². The van der Waals surface area contributed by atoms with Crippen molar-refractivity contribution >= 4 is 37.5 Å². The maximum atomic E-state index is 4.50. The summed E-state index contributed by atoms with van der Waals surface area (Å²) in [4.78, 5) is 0. The second-order valence-electron chi connectivity index (χ2n) is 4.47. The van der Waals surface area contributed by atoms with Crippen LogP contribution in [0.4, 0.5) is 5.69 Å². The van der Waals surface area contributed by atoms with Crippen molar-refractivity contribution in [2.45, 2.75) is 33.9 Å². The molecule has 0 fully saturated rings. The molecule has 1 N–H and O–H groups in total. The molecule has 0 atom stereocenters. The second-order valence-corrected chi connectivity index (χ2v) is 6.18. The lowest BCUT2D eigenvalue weighted by molar-refractivity contribution is 0.622. The van der Waals surface area contributed by atoms with Crippen molar-refractivity contribution in [2.75, 3.05) is 5.32 Å². The summed E-state index contributed by atoms with van der Waals surface area (Å²) in [6, 6.07) is 6.25. The zero-order chi connectivity index (χ0) is 14.0. The topological polar surface area (TPSA) is 29.9 Å². The molecule has 0 radical (unpaired) electrons. The summed E-state index contributed by atoms with van der Waals surface area (Å²) in [7, 11) is 0. The molecule has 0 saturated heterocycles. The maximum absolute atomic E-state index is 4.50. The third-order valence-electron chi connectivity index (χ3n) is 3.10. The lowest BCUT2D eigenvalue weighted by Crippen LogP contribution is -2.09. The normalized spacial score (nSPS) is 10.8. The van der Waals surface area contributed by atoms with Crippen LogP contribution in [-0.4, -0.2) is 9.78 Å². The number of anilines is 1. The van der Waals surface area contributed by atoms with Crippen molar-refractivity contribution in [3.8, 4) is 0 Å². The van der Waals surface area contributed by atoms with Gasteiger partial charge in [-0.15, -0.1) is 0 Å². The molecule has 3 nitrogen and oxygen atoms in total. The molecule has 2 aromatic rings. The van der Waals surface area contributed by atoms with E-state index in [2.05, 4.69) is 74.3 Å². The molecule has 19 heavy (non-hydrogen) atoms. The quantitative estimate of drug-likeness (QED) is 0.828. The number of aromatic nitrogens is 2. The van der Waals surface area contributed by atoms with Crippen molar-refractivity contribution in [3.05, 3.63) is 44.1 Å². The highest BCUT2D eigenvalue weighted by molar-refractivity contribution is 9.10. The average molecular weight is 387 g/mol. The predicted molar refractivity (Wildman–Crippen MR) is 86.5 cm³/mol. The molecule has 0 bridgehead atoms. The Balaban J connectivity index is 2.21. The molecule has 0 aliphatic rings. The molecule has 1 aromatic heterocycles. The molecule has 5 heteroatoms. The van der Waals surface area contributed by atoms with Crippen LogP contribution in [0, 0.1) is 13.8 Å². The van der Waals surface area contributed by atoms with E-state index in [4.69, 9.17) is 0 Å². The zero-order valence-corrected chi connectivity index (χ0v) is 14.5. The molecule has 1 aromatic carbocycles. The van der Waals surface area contributed by atoms with Gasteiger partial charge < -0.3 is 5.32 Å². The third kappa shape index (κ3) is 3.20. The van der Waals surface area contributed by atoms with Gasteiger partial charge in [-0.25, -0.2) is 0 Å². The largest absolute Gasteiger partial charge is 0.379 e. The van der Waals surface area contributed by atoms with Gasteiger partial charge in [-0.3, -0.25) is 4.68 Å². The van der Waals surface area contributed by atoms with Crippen molar-refractivity contribution in [1.82, 2.24) is 9.78 Å². The molecule has 102 valence electrons. The lowest BCUT2D eigenvalue weighted by atomic mass is 10.2. The van der Waals surface area contributed by atoms with Gasteiger partial charge in [-0.2, -0.15) is 5.10 Å². The van der Waals surface area contributed by atoms with Gasteiger partial charge in [0.1, 0.15) is 0 Å². The van der Waals surface area contributed by atoms with Gasteiger partial charge in [-0.1, -0.05) is 22.0 Å². The van der Waals surface area contributed by atoms with E-state index in [1.807, 2.05) is 11.6 Å². The van der Waals surface area contributed by atoms with Crippen molar-refractivity contribution < 1.29 is 0 Å². The van der Waals surface area contributed by atoms with Gasteiger partial charge in [0.05, 0.1) is 22.4 Å². The first-order chi connectivity index (χ1) is 9.02. The first-order valence-corrected chi connectivity index (χ1v) is 7.83. The summed E-state index contributed by atoms with van der Waals surface area (Å²) >= 11 is 7.12. The van der Waals surface area contributed by atoms with Gasteiger partial charge in [0, 0.05) is 16.7 Å². The monoisotopic (exact) mass is 385 g/mol.